The van der Waals surface area contributed by atoms with Crippen LogP contribution in [0.15, 0.2) is 59.6 Å². The maximum atomic E-state index is 5.81. The molecule has 3 heteroatoms. The molecule has 90 valence electrons. The van der Waals surface area contributed by atoms with Gasteiger partial charge in [0.15, 0.2) is 5.60 Å². The highest BCUT2D eigenvalue weighted by Crippen LogP contribution is 2.41. The Hall–Kier alpha value is -2.29. The second-order valence-electron chi connectivity index (χ2n) is 4.47. The van der Waals surface area contributed by atoms with E-state index in [0.29, 0.717) is 0 Å². The Labute approximate surface area is 106 Å². The molecule has 2 aromatic carbocycles. The number of nitrogens with two attached hydrogens (primary N) is 1. The Bertz CT molecular complexity index is 607. The number of benzene rings is 2. The summed E-state index contributed by atoms with van der Waals surface area (Å²) in [5.41, 5.74) is 8.18. The molecule has 0 saturated carbocycles. The van der Waals surface area contributed by atoms with Crippen molar-refractivity contribution < 1.29 is 4.74 Å². The van der Waals surface area contributed by atoms with Gasteiger partial charge in [-0.15, -0.1) is 0 Å². The van der Waals surface area contributed by atoms with E-state index in [1.54, 1.807) is 0 Å². The number of aliphatic imine (C=N–C) groups is 1. The lowest BCUT2D eigenvalue weighted by Gasteiger charge is -2.34. The van der Waals surface area contributed by atoms with Crippen molar-refractivity contribution in [2.75, 3.05) is 0 Å². The van der Waals surface area contributed by atoms with Gasteiger partial charge in [0.1, 0.15) is 0 Å². The van der Waals surface area contributed by atoms with Crippen LogP contribution in [0.3, 0.4) is 0 Å². The second-order valence-corrected chi connectivity index (χ2v) is 4.47. The number of hydrogen-bond acceptors (Lipinski definition) is 3. The van der Waals surface area contributed by atoms with Gasteiger partial charge in [0.2, 0.25) is 0 Å². The van der Waals surface area contributed by atoms with E-state index in [4.69, 9.17) is 10.5 Å². The third-order valence-electron chi connectivity index (χ3n) is 3.28. The van der Waals surface area contributed by atoms with Crippen molar-refractivity contribution >= 4 is 11.7 Å². The van der Waals surface area contributed by atoms with Gasteiger partial charge in [-0.05, 0) is 18.6 Å². The van der Waals surface area contributed by atoms with Crippen LogP contribution in [0.1, 0.15) is 18.1 Å². The quantitative estimate of drug-likeness (QED) is 0.830. The van der Waals surface area contributed by atoms with Crippen molar-refractivity contribution in [3.8, 4) is 0 Å². The van der Waals surface area contributed by atoms with Crippen LogP contribution in [-0.4, -0.2) is 6.02 Å². The Balaban J connectivity index is 2.22. The van der Waals surface area contributed by atoms with Gasteiger partial charge in [-0.1, -0.05) is 48.5 Å². The molecule has 0 amide bonds. The van der Waals surface area contributed by atoms with Crippen LogP contribution >= 0.6 is 0 Å². The summed E-state index contributed by atoms with van der Waals surface area (Å²) in [5, 5.41) is 0. The highest BCUT2D eigenvalue weighted by Gasteiger charge is 2.36. The maximum Gasteiger partial charge on any atom is 0.288 e. The zero-order chi connectivity index (χ0) is 12.6. The first kappa shape index (κ1) is 10.8. The molecule has 0 fully saturated rings. The van der Waals surface area contributed by atoms with Gasteiger partial charge in [-0.25, -0.2) is 0 Å². The summed E-state index contributed by atoms with van der Waals surface area (Å²) in [5.74, 6) is 0. The maximum absolute atomic E-state index is 5.81. The number of nitrogens with zero attached hydrogens (tertiary/aromatic N) is 1. The van der Waals surface area contributed by atoms with Crippen molar-refractivity contribution in [1.29, 1.82) is 0 Å². The lowest BCUT2D eigenvalue weighted by molar-refractivity contribution is 0.111. The standard InChI is InChI=1S/C15H14N2O/c1-15(11-7-3-2-4-8-11)12-9-5-6-10-13(12)17-14(16)18-15/h2-10H,1H3,(H2,16,17). The molecular weight excluding hydrogens is 224 g/mol. The average Bonchev–Trinajstić information content (AvgIpc) is 2.39. The van der Waals surface area contributed by atoms with Gasteiger partial charge < -0.3 is 10.5 Å². The molecule has 1 aliphatic rings. The molecule has 1 unspecified atom stereocenters. The lowest BCUT2D eigenvalue weighted by atomic mass is 9.86. The van der Waals surface area contributed by atoms with E-state index in [1.165, 1.54) is 0 Å². The summed E-state index contributed by atoms with van der Waals surface area (Å²) in [4.78, 5) is 4.24. The van der Waals surface area contributed by atoms with E-state index < -0.39 is 5.60 Å². The smallest absolute Gasteiger partial charge is 0.288 e. The van der Waals surface area contributed by atoms with Crippen molar-refractivity contribution in [3.63, 3.8) is 0 Å². The van der Waals surface area contributed by atoms with Gasteiger partial charge in [0.05, 0.1) is 5.69 Å². The molecule has 1 aliphatic heterocycles. The summed E-state index contributed by atoms with van der Waals surface area (Å²) in [6.07, 6.45) is 0. The predicted molar refractivity (Wildman–Crippen MR) is 71.7 cm³/mol. The lowest BCUT2D eigenvalue weighted by Crippen LogP contribution is -2.36. The number of ether oxygens (including phenoxy) is 1. The Morgan fingerprint density at radius 2 is 1.67 bits per heavy atom. The molecule has 3 nitrogen and oxygen atoms in total. The first-order valence-corrected chi connectivity index (χ1v) is 5.88. The van der Waals surface area contributed by atoms with E-state index in [9.17, 15) is 0 Å². The first-order chi connectivity index (χ1) is 8.70. The highest BCUT2D eigenvalue weighted by atomic mass is 16.5. The van der Waals surface area contributed by atoms with E-state index in [0.717, 1.165) is 16.8 Å². The van der Waals surface area contributed by atoms with Crippen LogP contribution in [0, 0.1) is 0 Å². The van der Waals surface area contributed by atoms with E-state index in [-0.39, 0.29) is 6.02 Å². The number of fused-ring (bicyclic) bond motifs is 1. The van der Waals surface area contributed by atoms with Crippen LogP contribution in [0.4, 0.5) is 5.69 Å². The molecule has 0 aliphatic carbocycles. The summed E-state index contributed by atoms with van der Waals surface area (Å²) >= 11 is 0. The number of rotatable bonds is 1. The second kappa shape index (κ2) is 3.88. The highest BCUT2D eigenvalue weighted by molar-refractivity contribution is 5.80. The largest absolute Gasteiger partial charge is 0.449 e. The fraction of sp³-hybridized carbons (Fsp3) is 0.133. The van der Waals surface area contributed by atoms with Crippen LogP contribution in [0.25, 0.3) is 0 Å². The third-order valence-corrected chi connectivity index (χ3v) is 3.28. The van der Waals surface area contributed by atoms with Crippen molar-refractivity contribution in [2.24, 2.45) is 10.7 Å². The van der Waals surface area contributed by atoms with Crippen LogP contribution in [0.5, 0.6) is 0 Å². The summed E-state index contributed by atoms with van der Waals surface area (Å²) < 4.78 is 5.81. The first-order valence-electron chi connectivity index (χ1n) is 5.88. The summed E-state index contributed by atoms with van der Waals surface area (Å²) in [6.45, 7) is 2.02. The number of amidine groups is 1. The zero-order valence-electron chi connectivity index (χ0n) is 10.1. The fourth-order valence-corrected chi connectivity index (χ4v) is 2.35. The molecule has 2 aromatic rings. The molecule has 0 bridgehead atoms. The number of para-hydroxylation sites is 1. The summed E-state index contributed by atoms with van der Waals surface area (Å²) in [7, 11) is 0. The van der Waals surface area contributed by atoms with Crippen molar-refractivity contribution in [1.82, 2.24) is 0 Å². The molecule has 1 atom stereocenters. The normalized spacial score (nSPS) is 21.7. The van der Waals surface area contributed by atoms with Crippen molar-refractivity contribution in [2.45, 2.75) is 12.5 Å². The van der Waals surface area contributed by atoms with E-state index >= 15 is 0 Å². The van der Waals surface area contributed by atoms with Gasteiger partial charge in [-0.3, -0.25) is 0 Å². The average molecular weight is 238 g/mol. The predicted octanol–water partition coefficient (Wildman–Crippen LogP) is 2.93. The van der Waals surface area contributed by atoms with Crippen molar-refractivity contribution in [3.05, 3.63) is 65.7 Å². The number of hydrogen-bond donors (Lipinski definition) is 1. The minimum Gasteiger partial charge on any atom is -0.449 e. The Morgan fingerprint density at radius 3 is 2.44 bits per heavy atom. The van der Waals surface area contributed by atoms with Gasteiger partial charge in [0, 0.05) is 5.56 Å². The molecule has 0 spiro atoms. The van der Waals surface area contributed by atoms with Gasteiger partial charge in [-0.2, -0.15) is 4.99 Å². The molecule has 2 N–H and O–H groups in total. The van der Waals surface area contributed by atoms with Crippen LogP contribution < -0.4 is 5.73 Å². The Kier molecular flexibility index (Phi) is 2.33. The molecule has 0 radical (unpaired) electrons. The fourth-order valence-electron chi connectivity index (χ4n) is 2.35. The van der Waals surface area contributed by atoms with E-state index in [2.05, 4.69) is 4.99 Å². The molecule has 3 rings (SSSR count). The van der Waals surface area contributed by atoms with Crippen LogP contribution in [-0.2, 0) is 10.3 Å². The molecular formula is C15H14N2O. The molecule has 18 heavy (non-hydrogen) atoms. The zero-order valence-corrected chi connectivity index (χ0v) is 10.1. The molecule has 1 heterocycles. The van der Waals surface area contributed by atoms with E-state index in [1.807, 2.05) is 61.5 Å². The molecule has 0 aromatic heterocycles. The summed E-state index contributed by atoms with van der Waals surface area (Å²) in [6, 6.07) is 18.2. The topological polar surface area (TPSA) is 47.6 Å². The third kappa shape index (κ3) is 1.56. The Morgan fingerprint density at radius 1 is 1.00 bits per heavy atom. The van der Waals surface area contributed by atoms with Gasteiger partial charge in [0.25, 0.3) is 6.02 Å². The minimum absolute atomic E-state index is 0.208. The monoisotopic (exact) mass is 238 g/mol. The minimum atomic E-state index is -0.580. The van der Waals surface area contributed by atoms with Crippen LogP contribution in [0.2, 0.25) is 0 Å². The van der Waals surface area contributed by atoms with Gasteiger partial charge >= 0.3 is 0 Å². The molecule has 0 saturated heterocycles. The SMILES string of the molecule is CC1(c2ccccc2)OC(N)=Nc2ccccc21.